The molecule has 1 fully saturated rings. The highest BCUT2D eigenvalue weighted by atomic mass is 19.1. The Balaban J connectivity index is 2.08. The maximum Gasteiger partial charge on any atom is 0.305 e. The molecule has 92 valence electrons. The van der Waals surface area contributed by atoms with Crippen molar-refractivity contribution in [2.75, 3.05) is 6.54 Å². The summed E-state index contributed by atoms with van der Waals surface area (Å²) in [7, 11) is 0. The van der Waals surface area contributed by atoms with Gasteiger partial charge in [0, 0.05) is 18.7 Å². The number of benzene rings is 1. The van der Waals surface area contributed by atoms with E-state index in [1.54, 1.807) is 0 Å². The van der Waals surface area contributed by atoms with Crippen molar-refractivity contribution in [1.82, 2.24) is 5.32 Å². The summed E-state index contributed by atoms with van der Waals surface area (Å²) in [5, 5.41) is 23.4. The molecule has 5 nitrogen and oxygen atoms in total. The second-order valence-corrected chi connectivity index (χ2v) is 4.17. The molecule has 1 unspecified atom stereocenters. The molecule has 0 saturated heterocycles. The molecular weight excluding hydrogens is 227 g/mol. The van der Waals surface area contributed by atoms with Crippen LogP contribution in [0.2, 0.25) is 0 Å². The average molecular weight is 240 g/mol. The number of aliphatic hydroxyl groups excluding tert-OH is 1. The smallest absolute Gasteiger partial charge is 0.305 e. The van der Waals surface area contributed by atoms with E-state index in [-0.39, 0.29) is 0 Å². The maximum absolute atomic E-state index is 13.1. The quantitative estimate of drug-likeness (QED) is 0.604. The fraction of sp³-hybridized carbons (Fsp3) is 0.455. The lowest BCUT2D eigenvalue weighted by Gasteiger charge is -2.11. The molecule has 17 heavy (non-hydrogen) atoms. The Labute approximate surface area is 97.4 Å². The van der Waals surface area contributed by atoms with Gasteiger partial charge in [0.1, 0.15) is 0 Å². The highest BCUT2D eigenvalue weighted by molar-refractivity contribution is 5.37. The van der Waals surface area contributed by atoms with Gasteiger partial charge in [-0.3, -0.25) is 10.1 Å². The van der Waals surface area contributed by atoms with Crippen LogP contribution in [0.25, 0.3) is 0 Å². The summed E-state index contributed by atoms with van der Waals surface area (Å²) in [6.45, 7) is 0.327. The number of rotatable bonds is 5. The van der Waals surface area contributed by atoms with E-state index in [0.29, 0.717) is 18.2 Å². The molecular formula is C11H13FN2O3. The molecule has 0 heterocycles. The van der Waals surface area contributed by atoms with Gasteiger partial charge in [-0.2, -0.15) is 4.39 Å². The van der Waals surface area contributed by atoms with Crippen molar-refractivity contribution in [1.29, 1.82) is 0 Å². The van der Waals surface area contributed by atoms with Gasteiger partial charge >= 0.3 is 5.69 Å². The molecule has 0 aliphatic heterocycles. The van der Waals surface area contributed by atoms with Gasteiger partial charge in [0.25, 0.3) is 0 Å². The van der Waals surface area contributed by atoms with Crippen LogP contribution in [0.3, 0.4) is 0 Å². The van der Waals surface area contributed by atoms with Gasteiger partial charge in [-0.15, -0.1) is 0 Å². The minimum absolute atomic E-state index is 0.327. The van der Waals surface area contributed by atoms with Crippen molar-refractivity contribution in [2.45, 2.75) is 25.0 Å². The summed E-state index contributed by atoms with van der Waals surface area (Å²) in [5.41, 5.74) is -0.251. The average Bonchev–Trinajstić information content (AvgIpc) is 3.10. The SMILES string of the molecule is O=[N+]([O-])c1cc(C(O)CNC2CC2)ccc1F. The Bertz CT molecular complexity index is 435. The molecule has 1 aliphatic carbocycles. The third-order valence-electron chi connectivity index (χ3n) is 2.73. The normalized spacial score (nSPS) is 16.8. The van der Waals surface area contributed by atoms with Crippen LogP contribution in [-0.2, 0) is 0 Å². The molecule has 0 amide bonds. The van der Waals surface area contributed by atoms with E-state index in [9.17, 15) is 19.6 Å². The van der Waals surface area contributed by atoms with Gasteiger partial charge in [-0.25, -0.2) is 0 Å². The van der Waals surface area contributed by atoms with Gasteiger partial charge in [0.2, 0.25) is 5.82 Å². The Morgan fingerprint density at radius 1 is 1.59 bits per heavy atom. The fourth-order valence-corrected chi connectivity index (χ4v) is 1.56. The van der Waals surface area contributed by atoms with E-state index in [0.717, 1.165) is 25.0 Å². The Morgan fingerprint density at radius 3 is 2.88 bits per heavy atom. The van der Waals surface area contributed by atoms with E-state index in [2.05, 4.69) is 5.32 Å². The molecule has 1 aromatic carbocycles. The zero-order valence-corrected chi connectivity index (χ0v) is 9.10. The van der Waals surface area contributed by atoms with Crippen LogP contribution in [0, 0.1) is 15.9 Å². The third-order valence-corrected chi connectivity index (χ3v) is 2.73. The standard InChI is InChI=1S/C11H13FN2O3/c12-9-4-1-7(5-10(9)14(16)17)11(15)6-13-8-2-3-8/h1,4-5,8,11,13,15H,2-3,6H2. The van der Waals surface area contributed by atoms with E-state index >= 15 is 0 Å². The van der Waals surface area contributed by atoms with Crippen LogP contribution in [0.5, 0.6) is 0 Å². The highest BCUT2D eigenvalue weighted by Gasteiger charge is 2.23. The molecule has 0 radical (unpaired) electrons. The first-order valence-electron chi connectivity index (χ1n) is 5.43. The lowest BCUT2D eigenvalue weighted by Crippen LogP contribution is -2.23. The van der Waals surface area contributed by atoms with Crippen molar-refractivity contribution >= 4 is 5.69 Å². The number of halogens is 1. The minimum atomic E-state index is -0.888. The molecule has 1 aromatic rings. The Morgan fingerprint density at radius 2 is 2.29 bits per heavy atom. The molecule has 0 bridgehead atoms. The number of nitrogens with one attached hydrogen (secondary N) is 1. The van der Waals surface area contributed by atoms with Crippen LogP contribution in [0.1, 0.15) is 24.5 Å². The fourth-order valence-electron chi connectivity index (χ4n) is 1.56. The van der Waals surface area contributed by atoms with Crippen LogP contribution in [0.15, 0.2) is 18.2 Å². The van der Waals surface area contributed by atoms with Crippen LogP contribution < -0.4 is 5.32 Å². The summed E-state index contributed by atoms with van der Waals surface area (Å²) in [6.07, 6.45) is 1.34. The number of nitrogens with zero attached hydrogens (tertiary/aromatic N) is 1. The van der Waals surface area contributed by atoms with Crippen molar-refractivity contribution in [3.05, 3.63) is 39.7 Å². The first-order chi connectivity index (χ1) is 8.08. The predicted molar refractivity (Wildman–Crippen MR) is 59.0 cm³/mol. The van der Waals surface area contributed by atoms with Gasteiger partial charge in [0.05, 0.1) is 11.0 Å². The van der Waals surface area contributed by atoms with Crippen LogP contribution in [0.4, 0.5) is 10.1 Å². The minimum Gasteiger partial charge on any atom is -0.387 e. The van der Waals surface area contributed by atoms with Crippen molar-refractivity contribution < 1.29 is 14.4 Å². The van der Waals surface area contributed by atoms with E-state index in [1.807, 2.05) is 0 Å². The van der Waals surface area contributed by atoms with Crippen molar-refractivity contribution in [3.8, 4) is 0 Å². The van der Waals surface area contributed by atoms with E-state index < -0.39 is 22.5 Å². The summed E-state index contributed by atoms with van der Waals surface area (Å²) in [4.78, 5) is 9.75. The summed E-state index contributed by atoms with van der Waals surface area (Å²) in [6, 6.07) is 3.89. The third kappa shape index (κ3) is 2.98. The van der Waals surface area contributed by atoms with Gasteiger partial charge in [-0.1, -0.05) is 6.07 Å². The molecule has 0 aromatic heterocycles. The van der Waals surface area contributed by atoms with Gasteiger partial charge in [0.15, 0.2) is 0 Å². The Kier molecular flexibility index (Phi) is 3.35. The lowest BCUT2D eigenvalue weighted by molar-refractivity contribution is -0.387. The van der Waals surface area contributed by atoms with Crippen molar-refractivity contribution in [3.63, 3.8) is 0 Å². The second kappa shape index (κ2) is 4.77. The van der Waals surface area contributed by atoms with Gasteiger partial charge in [-0.05, 0) is 24.5 Å². The zero-order chi connectivity index (χ0) is 12.4. The summed E-state index contributed by atoms with van der Waals surface area (Å²) >= 11 is 0. The topological polar surface area (TPSA) is 75.4 Å². The molecule has 1 saturated carbocycles. The molecule has 0 spiro atoms. The largest absolute Gasteiger partial charge is 0.387 e. The maximum atomic E-state index is 13.1. The second-order valence-electron chi connectivity index (χ2n) is 4.17. The summed E-state index contributed by atoms with van der Waals surface area (Å²) < 4.78 is 13.1. The summed E-state index contributed by atoms with van der Waals surface area (Å²) in [5.74, 6) is -0.888. The van der Waals surface area contributed by atoms with E-state index in [1.165, 1.54) is 6.07 Å². The molecule has 1 atom stereocenters. The van der Waals surface area contributed by atoms with Crippen LogP contribution >= 0.6 is 0 Å². The highest BCUT2D eigenvalue weighted by Crippen LogP contribution is 2.24. The number of nitro groups is 1. The molecule has 2 N–H and O–H groups in total. The number of nitro benzene ring substituents is 1. The monoisotopic (exact) mass is 240 g/mol. The molecule has 2 rings (SSSR count). The van der Waals surface area contributed by atoms with E-state index in [4.69, 9.17) is 0 Å². The van der Waals surface area contributed by atoms with Crippen molar-refractivity contribution in [2.24, 2.45) is 0 Å². The zero-order valence-electron chi connectivity index (χ0n) is 9.10. The molecule has 6 heteroatoms. The van der Waals surface area contributed by atoms with Crippen LogP contribution in [-0.4, -0.2) is 22.6 Å². The Hall–Kier alpha value is -1.53. The number of hydrogen-bond acceptors (Lipinski definition) is 4. The first kappa shape index (κ1) is 11.9. The predicted octanol–water partition coefficient (Wildman–Crippen LogP) is 1.52. The number of hydrogen-bond donors (Lipinski definition) is 2. The molecule has 1 aliphatic rings. The van der Waals surface area contributed by atoms with Gasteiger partial charge < -0.3 is 10.4 Å². The first-order valence-corrected chi connectivity index (χ1v) is 5.43. The number of aliphatic hydroxyl groups is 1. The lowest BCUT2D eigenvalue weighted by atomic mass is 10.1.